The fourth-order valence-electron chi connectivity index (χ4n) is 5.10. The van der Waals surface area contributed by atoms with E-state index >= 15 is 0 Å². The second-order valence-electron chi connectivity index (χ2n) is 14.8. The minimum Gasteiger partial charge on any atom is -0.756 e. The lowest BCUT2D eigenvalue weighted by Crippen LogP contribution is -2.37. The van der Waals surface area contributed by atoms with Gasteiger partial charge < -0.3 is 33.0 Å². The van der Waals surface area contributed by atoms with Crippen LogP contribution < -0.4 is 4.89 Å². The van der Waals surface area contributed by atoms with Crippen LogP contribution in [0.5, 0.6) is 0 Å². The molecule has 0 aromatic heterocycles. The number of allylic oxidation sites excluding steroid dienone is 8. The molecule has 53 heavy (non-hydrogen) atoms. The van der Waals surface area contributed by atoms with Crippen LogP contribution in [0.2, 0.25) is 0 Å². The molecule has 0 aliphatic heterocycles. The summed E-state index contributed by atoms with van der Waals surface area (Å²) in [6.07, 6.45) is 35.2. The molecule has 0 amide bonds. The number of carbonyl (C=O) groups is 2. The average molecular weight is 770 g/mol. The van der Waals surface area contributed by atoms with E-state index in [1.165, 1.54) is 51.4 Å². The third kappa shape index (κ3) is 38.0. The quantitative estimate of drug-likeness (QED) is 0.0218. The summed E-state index contributed by atoms with van der Waals surface area (Å²) >= 11 is 0. The molecule has 0 bridgehead atoms. The van der Waals surface area contributed by atoms with Gasteiger partial charge in [0.25, 0.3) is 7.82 Å². The number of esters is 2. The summed E-state index contributed by atoms with van der Waals surface area (Å²) < 4.78 is 33.7. The zero-order valence-corrected chi connectivity index (χ0v) is 35.0. The molecule has 0 aromatic rings. The Morgan fingerprint density at radius 3 is 1.74 bits per heavy atom. The Morgan fingerprint density at radius 1 is 0.679 bits per heavy atom. The lowest BCUT2D eigenvalue weighted by atomic mass is 10.1. The van der Waals surface area contributed by atoms with Crippen molar-refractivity contribution < 1.29 is 47.2 Å². The van der Waals surface area contributed by atoms with Crippen molar-refractivity contribution in [2.75, 3.05) is 47.5 Å². The summed E-state index contributed by atoms with van der Waals surface area (Å²) in [6.45, 7) is 3.84. The number of aliphatic hydroxyl groups excluding tert-OH is 1. The molecule has 0 spiro atoms. The van der Waals surface area contributed by atoms with Crippen molar-refractivity contribution >= 4 is 19.8 Å². The van der Waals surface area contributed by atoms with Crippen LogP contribution in [0.4, 0.5) is 0 Å². The van der Waals surface area contributed by atoms with Gasteiger partial charge in [-0.1, -0.05) is 127 Å². The predicted octanol–water partition coefficient (Wildman–Crippen LogP) is 9.47. The van der Waals surface area contributed by atoms with E-state index < -0.39 is 32.5 Å². The summed E-state index contributed by atoms with van der Waals surface area (Å²) in [5, 5.41) is 9.56. The molecule has 0 radical (unpaired) electrons. The maximum atomic E-state index is 12.6. The van der Waals surface area contributed by atoms with E-state index in [1.54, 1.807) is 0 Å². The number of phosphoric ester groups is 1. The van der Waals surface area contributed by atoms with E-state index in [0.29, 0.717) is 23.9 Å². The highest BCUT2D eigenvalue weighted by atomic mass is 31.2. The molecule has 0 saturated heterocycles. The zero-order chi connectivity index (χ0) is 39.5. The van der Waals surface area contributed by atoms with Crippen LogP contribution in [0.15, 0.2) is 48.6 Å². The monoisotopic (exact) mass is 770 g/mol. The number of rotatable bonds is 36. The molecule has 11 heteroatoms. The van der Waals surface area contributed by atoms with Crippen molar-refractivity contribution in [3.8, 4) is 0 Å². The number of hydrogen-bond acceptors (Lipinski definition) is 9. The number of carbonyl (C=O) groups excluding carboxylic acids is 2. The highest BCUT2D eigenvalue weighted by Crippen LogP contribution is 2.38. The van der Waals surface area contributed by atoms with Crippen molar-refractivity contribution in [2.45, 2.75) is 161 Å². The average Bonchev–Trinajstić information content (AvgIpc) is 3.10. The number of unbranched alkanes of at least 4 members (excludes halogenated alkanes) is 11. The topological polar surface area (TPSA) is 131 Å². The summed E-state index contributed by atoms with van der Waals surface area (Å²) in [5.41, 5.74) is 0. The lowest BCUT2D eigenvalue weighted by Gasteiger charge is -2.28. The number of phosphoric acid groups is 1. The van der Waals surface area contributed by atoms with Gasteiger partial charge in [-0.2, -0.15) is 0 Å². The molecule has 0 aliphatic rings. The Kier molecular flexibility index (Phi) is 33.1. The van der Waals surface area contributed by atoms with Crippen LogP contribution in [-0.2, 0) is 32.7 Å². The van der Waals surface area contributed by atoms with E-state index in [9.17, 15) is 24.2 Å². The second kappa shape index (κ2) is 34.4. The Labute approximate surface area is 323 Å². The lowest BCUT2D eigenvalue weighted by molar-refractivity contribution is -0.870. The van der Waals surface area contributed by atoms with Gasteiger partial charge in [-0.3, -0.25) is 14.2 Å². The van der Waals surface area contributed by atoms with Gasteiger partial charge in [0.05, 0.1) is 33.9 Å². The Bertz CT molecular complexity index is 1070. The first-order chi connectivity index (χ1) is 25.4. The van der Waals surface area contributed by atoms with Gasteiger partial charge in [-0.05, 0) is 57.8 Å². The molecule has 3 atom stereocenters. The third-order valence-corrected chi connectivity index (χ3v) is 9.48. The molecule has 0 saturated carbocycles. The largest absolute Gasteiger partial charge is 0.756 e. The number of quaternary nitrogens is 1. The molecule has 10 nitrogen and oxygen atoms in total. The molecule has 1 N–H and O–H groups in total. The standard InChI is InChI=1S/C42H76NO9P/c1-6-8-9-10-11-12-17-21-24-27-30-33-41(45)49-37-40(38-51-53(47,48)50-36-35-43(3,4)5)52-42(46)34-31-28-25-22-19-16-14-13-15-18-20-23-26-29-32-39(44)7-2/h14-16,18,22-23,25-26,39-40,44H,6-13,17,19-21,24,27-38H2,1-5H3/b16-14-,18-15-,25-22-,26-23-. The number of aliphatic hydroxyl groups is 1. The van der Waals surface area contributed by atoms with Crippen molar-refractivity contribution in [1.29, 1.82) is 0 Å². The Balaban J connectivity index is 4.52. The molecule has 0 rings (SSSR count). The predicted molar refractivity (Wildman–Crippen MR) is 214 cm³/mol. The maximum absolute atomic E-state index is 12.6. The SMILES string of the molecule is CCCCCCCCCCCCCC(=O)OCC(COP(=O)([O-])OCC[N+](C)(C)C)OC(=O)CCC/C=C\C/C=C\C/C=C\C/C=C\CCC(O)CC. The smallest absolute Gasteiger partial charge is 0.306 e. The van der Waals surface area contributed by atoms with Gasteiger partial charge >= 0.3 is 11.9 Å². The Morgan fingerprint density at radius 2 is 1.19 bits per heavy atom. The number of hydrogen-bond donors (Lipinski definition) is 1. The normalized spacial score (nSPS) is 14.8. The number of likely N-dealkylation sites (N-methyl/N-ethyl adjacent to an activating group) is 1. The fourth-order valence-corrected chi connectivity index (χ4v) is 5.83. The van der Waals surface area contributed by atoms with Crippen LogP contribution in [0, 0.1) is 0 Å². The molecular formula is C42H76NO9P. The van der Waals surface area contributed by atoms with E-state index in [2.05, 4.69) is 49.5 Å². The fraction of sp³-hybridized carbons (Fsp3) is 0.762. The second-order valence-corrected chi connectivity index (χ2v) is 16.2. The van der Waals surface area contributed by atoms with Crippen LogP contribution in [-0.4, -0.2) is 81.2 Å². The molecule has 3 unspecified atom stereocenters. The first-order valence-corrected chi connectivity index (χ1v) is 21.9. The third-order valence-electron chi connectivity index (χ3n) is 8.52. The minimum absolute atomic E-state index is 0.0479. The van der Waals surface area contributed by atoms with Crippen molar-refractivity contribution in [3.63, 3.8) is 0 Å². The van der Waals surface area contributed by atoms with Crippen molar-refractivity contribution in [2.24, 2.45) is 0 Å². The van der Waals surface area contributed by atoms with Crippen LogP contribution >= 0.6 is 7.82 Å². The van der Waals surface area contributed by atoms with E-state index in [0.717, 1.165) is 57.8 Å². The minimum atomic E-state index is -4.64. The number of nitrogens with zero attached hydrogens (tertiary/aromatic N) is 1. The van der Waals surface area contributed by atoms with Crippen LogP contribution in [0.25, 0.3) is 0 Å². The maximum Gasteiger partial charge on any atom is 0.306 e. The highest BCUT2D eigenvalue weighted by molar-refractivity contribution is 7.45. The van der Waals surface area contributed by atoms with Gasteiger partial charge in [0.15, 0.2) is 6.10 Å². The molecule has 0 aliphatic carbocycles. The first-order valence-electron chi connectivity index (χ1n) is 20.4. The van der Waals surface area contributed by atoms with Gasteiger partial charge in [0, 0.05) is 12.8 Å². The Hall–Kier alpha value is -2.07. The molecule has 0 heterocycles. The summed E-state index contributed by atoms with van der Waals surface area (Å²) in [4.78, 5) is 37.4. The summed E-state index contributed by atoms with van der Waals surface area (Å²) in [5.74, 6) is -0.922. The van der Waals surface area contributed by atoms with Gasteiger partial charge in [-0.15, -0.1) is 0 Å². The highest BCUT2D eigenvalue weighted by Gasteiger charge is 2.21. The number of ether oxygens (including phenoxy) is 2. The van der Waals surface area contributed by atoms with Gasteiger partial charge in [0.2, 0.25) is 0 Å². The van der Waals surface area contributed by atoms with E-state index in [4.69, 9.17) is 18.5 Å². The molecule has 0 aromatic carbocycles. The van der Waals surface area contributed by atoms with Crippen LogP contribution in [0.1, 0.15) is 149 Å². The molecular weight excluding hydrogens is 693 g/mol. The zero-order valence-electron chi connectivity index (χ0n) is 34.1. The van der Waals surface area contributed by atoms with Crippen molar-refractivity contribution in [1.82, 2.24) is 0 Å². The summed E-state index contributed by atoms with van der Waals surface area (Å²) in [6, 6.07) is 0. The van der Waals surface area contributed by atoms with Crippen LogP contribution in [0.3, 0.4) is 0 Å². The first kappa shape index (κ1) is 50.9. The van der Waals surface area contributed by atoms with Gasteiger partial charge in [-0.25, -0.2) is 0 Å². The van der Waals surface area contributed by atoms with E-state index in [1.807, 2.05) is 34.1 Å². The summed E-state index contributed by atoms with van der Waals surface area (Å²) in [7, 11) is 1.10. The van der Waals surface area contributed by atoms with Gasteiger partial charge in [0.1, 0.15) is 19.8 Å². The van der Waals surface area contributed by atoms with E-state index in [-0.39, 0.29) is 32.2 Å². The van der Waals surface area contributed by atoms with Crippen molar-refractivity contribution in [3.05, 3.63) is 48.6 Å². The molecule has 308 valence electrons. The molecule has 0 fully saturated rings.